The molecule has 1 unspecified atom stereocenters. The highest BCUT2D eigenvalue weighted by Crippen LogP contribution is 2.29. The number of benzene rings is 1. The first-order valence-corrected chi connectivity index (χ1v) is 5.53. The topological polar surface area (TPSA) is 46.5 Å². The molecule has 1 atom stereocenters. The Balaban J connectivity index is 1.94. The molecule has 0 heterocycles. The van der Waals surface area contributed by atoms with E-state index in [9.17, 15) is 9.90 Å². The summed E-state index contributed by atoms with van der Waals surface area (Å²) >= 11 is 0. The lowest BCUT2D eigenvalue weighted by atomic mass is 9.98. The predicted molar refractivity (Wildman–Crippen MR) is 60.0 cm³/mol. The highest BCUT2D eigenvalue weighted by atomic mass is 16.5. The van der Waals surface area contributed by atoms with Crippen molar-refractivity contribution in [2.24, 2.45) is 5.92 Å². The molecule has 1 aliphatic rings. The maximum absolute atomic E-state index is 11.1. The SMILES string of the molecule is COC(=O)C(O)CC1Cc2ccccc2C1. The summed E-state index contributed by atoms with van der Waals surface area (Å²) in [6.07, 6.45) is 1.40. The molecule has 0 amide bonds. The molecule has 0 radical (unpaired) electrons. The number of aliphatic hydroxyl groups is 1. The minimum atomic E-state index is -0.982. The summed E-state index contributed by atoms with van der Waals surface area (Å²) in [6, 6.07) is 8.27. The van der Waals surface area contributed by atoms with Gasteiger partial charge in [0.15, 0.2) is 6.10 Å². The van der Waals surface area contributed by atoms with Crippen molar-refractivity contribution in [3.63, 3.8) is 0 Å². The maximum atomic E-state index is 11.1. The van der Waals surface area contributed by atoms with Gasteiger partial charge in [-0.2, -0.15) is 0 Å². The van der Waals surface area contributed by atoms with Crippen molar-refractivity contribution in [2.75, 3.05) is 7.11 Å². The van der Waals surface area contributed by atoms with Crippen molar-refractivity contribution in [3.8, 4) is 0 Å². The second-order valence-corrected chi connectivity index (χ2v) is 4.32. The summed E-state index contributed by atoms with van der Waals surface area (Å²) in [5.74, 6) is -0.178. The minimum absolute atomic E-state index is 0.353. The van der Waals surface area contributed by atoms with E-state index in [1.807, 2.05) is 12.1 Å². The summed E-state index contributed by atoms with van der Waals surface area (Å²) in [6.45, 7) is 0. The van der Waals surface area contributed by atoms with Crippen molar-refractivity contribution in [1.82, 2.24) is 0 Å². The van der Waals surface area contributed by atoms with Gasteiger partial charge in [0, 0.05) is 0 Å². The zero-order chi connectivity index (χ0) is 11.5. The molecule has 0 saturated heterocycles. The predicted octanol–water partition coefficient (Wildman–Crippen LogP) is 1.33. The van der Waals surface area contributed by atoms with Gasteiger partial charge in [0.05, 0.1) is 7.11 Å². The zero-order valence-corrected chi connectivity index (χ0v) is 9.35. The number of methoxy groups -OCH3 is 1. The van der Waals surface area contributed by atoms with Crippen LogP contribution in [0.2, 0.25) is 0 Å². The number of ether oxygens (including phenoxy) is 1. The van der Waals surface area contributed by atoms with Gasteiger partial charge in [-0.25, -0.2) is 4.79 Å². The highest BCUT2D eigenvalue weighted by Gasteiger charge is 2.26. The Morgan fingerprint density at radius 3 is 2.50 bits per heavy atom. The van der Waals surface area contributed by atoms with E-state index in [2.05, 4.69) is 16.9 Å². The van der Waals surface area contributed by atoms with Crippen LogP contribution in [0.3, 0.4) is 0 Å². The van der Waals surface area contributed by atoms with E-state index in [0.717, 1.165) is 12.8 Å². The zero-order valence-electron chi connectivity index (χ0n) is 9.35. The Kier molecular flexibility index (Phi) is 3.25. The van der Waals surface area contributed by atoms with Crippen LogP contribution >= 0.6 is 0 Å². The molecule has 2 rings (SSSR count). The second-order valence-electron chi connectivity index (χ2n) is 4.32. The molecule has 3 nitrogen and oxygen atoms in total. The smallest absolute Gasteiger partial charge is 0.334 e. The van der Waals surface area contributed by atoms with Crippen molar-refractivity contribution < 1.29 is 14.6 Å². The van der Waals surface area contributed by atoms with Crippen LogP contribution in [0.1, 0.15) is 17.5 Å². The monoisotopic (exact) mass is 220 g/mol. The molecule has 1 N–H and O–H groups in total. The molecule has 0 aromatic heterocycles. The first-order chi connectivity index (χ1) is 7.70. The van der Waals surface area contributed by atoms with Crippen LogP contribution in [0.4, 0.5) is 0 Å². The molecule has 86 valence electrons. The van der Waals surface area contributed by atoms with E-state index in [4.69, 9.17) is 0 Å². The van der Waals surface area contributed by atoms with Gasteiger partial charge in [-0.1, -0.05) is 24.3 Å². The average molecular weight is 220 g/mol. The second kappa shape index (κ2) is 4.66. The lowest BCUT2D eigenvalue weighted by Gasteiger charge is -2.12. The summed E-state index contributed by atoms with van der Waals surface area (Å²) < 4.78 is 4.51. The summed E-state index contributed by atoms with van der Waals surface area (Å²) in [5, 5.41) is 9.58. The van der Waals surface area contributed by atoms with Crippen molar-refractivity contribution >= 4 is 5.97 Å². The number of hydrogen-bond donors (Lipinski definition) is 1. The van der Waals surface area contributed by atoms with Crippen LogP contribution in [-0.4, -0.2) is 24.3 Å². The van der Waals surface area contributed by atoms with Crippen molar-refractivity contribution in [3.05, 3.63) is 35.4 Å². The Morgan fingerprint density at radius 1 is 1.44 bits per heavy atom. The largest absolute Gasteiger partial charge is 0.467 e. The van der Waals surface area contributed by atoms with Gasteiger partial charge in [0.25, 0.3) is 0 Å². The van der Waals surface area contributed by atoms with Gasteiger partial charge in [-0.15, -0.1) is 0 Å². The van der Waals surface area contributed by atoms with Gasteiger partial charge in [-0.05, 0) is 36.3 Å². The Labute approximate surface area is 95.0 Å². The third kappa shape index (κ3) is 2.25. The number of carbonyl (C=O) groups excluding carboxylic acids is 1. The molecule has 0 bridgehead atoms. The lowest BCUT2D eigenvalue weighted by Crippen LogP contribution is -2.25. The molecule has 1 aromatic rings. The lowest BCUT2D eigenvalue weighted by molar-refractivity contribution is -0.151. The maximum Gasteiger partial charge on any atom is 0.334 e. The summed E-state index contributed by atoms with van der Waals surface area (Å²) in [4.78, 5) is 11.1. The Bertz CT molecular complexity index is 362. The van der Waals surface area contributed by atoms with Gasteiger partial charge in [-0.3, -0.25) is 0 Å². The fourth-order valence-electron chi connectivity index (χ4n) is 2.36. The van der Waals surface area contributed by atoms with E-state index in [1.165, 1.54) is 18.2 Å². The number of fused-ring (bicyclic) bond motifs is 1. The quantitative estimate of drug-likeness (QED) is 0.782. The van der Waals surface area contributed by atoms with Gasteiger partial charge in [0.1, 0.15) is 0 Å². The normalized spacial score (nSPS) is 16.9. The number of rotatable bonds is 3. The highest BCUT2D eigenvalue weighted by molar-refractivity contribution is 5.74. The number of hydrogen-bond acceptors (Lipinski definition) is 3. The fourth-order valence-corrected chi connectivity index (χ4v) is 2.36. The minimum Gasteiger partial charge on any atom is -0.467 e. The molecular weight excluding hydrogens is 204 g/mol. The summed E-state index contributed by atoms with van der Waals surface area (Å²) in [5.41, 5.74) is 2.68. The molecule has 16 heavy (non-hydrogen) atoms. The molecular formula is C13H16O3. The van der Waals surface area contributed by atoms with E-state index in [1.54, 1.807) is 0 Å². The van der Waals surface area contributed by atoms with E-state index in [-0.39, 0.29) is 0 Å². The molecule has 0 fully saturated rings. The number of esters is 1. The van der Waals surface area contributed by atoms with Crippen LogP contribution in [0.15, 0.2) is 24.3 Å². The third-order valence-electron chi connectivity index (χ3n) is 3.17. The van der Waals surface area contributed by atoms with Crippen LogP contribution < -0.4 is 0 Å². The van der Waals surface area contributed by atoms with E-state index < -0.39 is 12.1 Å². The Morgan fingerprint density at radius 2 is 2.00 bits per heavy atom. The average Bonchev–Trinajstić information content (AvgIpc) is 2.69. The van der Waals surface area contributed by atoms with E-state index >= 15 is 0 Å². The molecule has 3 heteroatoms. The molecule has 0 aliphatic heterocycles. The van der Waals surface area contributed by atoms with E-state index in [0.29, 0.717) is 12.3 Å². The fraction of sp³-hybridized carbons (Fsp3) is 0.462. The standard InChI is InChI=1S/C13H16O3/c1-16-13(15)12(14)8-9-6-10-4-2-3-5-11(10)7-9/h2-5,9,12,14H,6-8H2,1H3. The molecule has 1 aromatic carbocycles. The van der Waals surface area contributed by atoms with Crippen LogP contribution in [0.5, 0.6) is 0 Å². The molecule has 1 aliphatic carbocycles. The first-order valence-electron chi connectivity index (χ1n) is 5.53. The van der Waals surface area contributed by atoms with Gasteiger partial charge in [0.2, 0.25) is 0 Å². The van der Waals surface area contributed by atoms with Crippen LogP contribution in [-0.2, 0) is 22.4 Å². The van der Waals surface area contributed by atoms with Gasteiger partial charge >= 0.3 is 5.97 Å². The summed E-state index contributed by atoms with van der Waals surface area (Å²) in [7, 11) is 1.30. The van der Waals surface area contributed by atoms with Gasteiger partial charge < -0.3 is 9.84 Å². The molecule has 0 spiro atoms. The Hall–Kier alpha value is -1.35. The first kappa shape index (κ1) is 11.1. The van der Waals surface area contributed by atoms with Crippen LogP contribution in [0, 0.1) is 5.92 Å². The third-order valence-corrected chi connectivity index (χ3v) is 3.17. The number of carbonyl (C=O) groups is 1. The van der Waals surface area contributed by atoms with Crippen molar-refractivity contribution in [1.29, 1.82) is 0 Å². The molecule has 0 saturated carbocycles. The number of aliphatic hydroxyl groups excluding tert-OH is 1. The van der Waals surface area contributed by atoms with Crippen molar-refractivity contribution in [2.45, 2.75) is 25.4 Å². The van der Waals surface area contributed by atoms with Crippen LogP contribution in [0.25, 0.3) is 0 Å².